The molecule has 0 aliphatic carbocycles. The van der Waals surface area contributed by atoms with Gasteiger partial charge < -0.3 is 5.11 Å². The Kier molecular flexibility index (Phi) is 3.16. The minimum absolute atomic E-state index is 0.105. The van der Waals surface area contributed by atoms with Crippen molar-refractivity contribution < 1.29 is 6.48 Å². The van der Waals surface area contributed by atoms with Gasteiger partial charge in [-0.3, -0.25) is 0 Å². The van der Waals surface area contributed by atoms with E-state index in [1.54, 1.807) is 6.07 Å². The molecule has 0 saturated carbocycles. The quantitative estimate of drug-likeness (QED) is 0.701. The molecule has 0 fully saturated rings. The molecule has 0 aliphatic heterocycles. The second-order valence-corrected chi connectivity index (χ2v) is 3.23. The van der Waals surface area contributed by atoms with Crippen LogP contribution < -0.4 is 0 Å². The lowest BCUT2D eigenvalue weighted by molar-refractivity contribution is 0.281. The van der Waals surface area contributed by atoms with Gasteiger partial charge in [0.25, 0.3) is 0 Å². The van der Waals surface area contributed by atoms with E-state index in [1.807, 2.05) is 25.1 Å². The lowest BCUT2D eigenvalue weighted by Crippen LogP contribution is -2.02. The smallest absolute Gasteiger partial charge is 0.0626 e. The molecule has 1 unspecified atom stereocenters. The summed E-state index contributed by atoms with van der Waals surface area (Å²) in [6, 6.07) is 7.98. The van der Waals surface area contributed by atoms with Crippen LogP contribution in [0.5, 0.6) is 0 Å². The lowest BCUT2D eigenvalue weighted by atomic mass is 9.90. The highest BCUT2D eigenvalue weighted by atomic mass is 16.3. The molecule has 1 rings (SSSR count). The van der Waals surface area contributed by atoms with Crippen molar-refractivity contribution in [2.75, 3.05) is 6.61 Å². The summed E-state index contributed by atoms with van der Waals surface area (Å²) in [5.74, 6) is 0.105. The molecule has 1 N–H and O–H groups in total. The Morgan fingerprint density at radius 1 is 1.62 bits per heavy atom. The summed E-state index contributed by atoms with van der Waals surface area (Å²) < 4.78 is 7.75. The van der Waals surface area contributed by atoms with E-state index in [2.05, 4.69) is 6.58 Å². The fourth-order valence-corrected chi connectivity index (χ4v) is 1.42. The van der Waals surface area contributed by atoms with Crippen LogP contribution in [0, 0.1) is 0 Å². The van der Waals surface area contributed by atoms with Crippen LogP contribution in [0.1, 0.15) is 26.2 Å². The van der Waals surface area contributed by atoms with E-state index in [-0.39, 0.29) is 12.5 Å². The van der Waals surface area contributed by atoms with Gasteiger partial charge in [0, 0.05) is 12.5 Å². The van der Waals surface area contributed by atoms with Crippen molar-refractivity contribution >= 4 is 0 Å². The molecule has 0 aromatic heterocycles. The normalized spacial score (nSPS) is 13.5. The molecule has 13 heavy (non-hydrogen) atoms. The predicted octanol–water partition coefficient (Wildman–Crippen LogP) is 2.73. The molecule has 1 atom stereocenters. The fraction of sp³-hybridized carbons (Fsp3) is 0.333. The second kappa shape index (κ2) is 4.83. The first-order chi connectivity index (χ1) is 6.66. The summed E-state index contributed by atoms with van der Waals surface area (Å²) >= 11 is 0. The first-order valence-electron chi connectivity index (χ1n) is 4.98. The van der Waals surface area contributed by atoms with Crippen LogP contribution in [0.2, 0.25) is 0 Å². The number of rotatable bonds is 4. The predicted molar refractivity (Wildman–Crippen MR) is 55.7 cm³/mol. The molecule has 0 bridgehead atoms. The molecular formula is C12H16O. The third kappa shape index (κ3) is 2.71. The lowest BCUT2D eigenvalue weighted by Gasteiger charge is -2.15. The van der Waals surface area contributed by atoms with Crippen molar-refractivity contribution in [2.24, 2.45) is 0 Å². The van der Waals surface area contributed by atoms with Crippen molar-refractivity contribution in [1.29, 1.82) is 0 Å². The Balaban J connectivity index is 2.99. The number of aliphatic hydroxyl groups is 1. The number of hydrogen-bond acceptors (Lipinski definition) is 1. The molecule has 1 heteroatoms. The minimum Gasteiger partial charge on any atom is -0.396 e. The molecule has 0 saturated heterocycles. The average molecular weight is 177 g/mol. The topological polar surface area (TPSA) is 20.2 Å². The summed E-state index contributed by atoms with van der Waals surface area (Å²) in [5.41, 5.74) is 1.95. The summed E-state index contributed by atoms with van der Waals surface area (Å²) in [5, 5.41) is 8.94. The van der Waals surface area contributed by atoms with E-state index in [0.29, 0.717) is 12.5 Å². The van der Waals surface area contributed by atoms with Crippen LogP contribution >= 0.6 is 0 Å². The van der Waals surface area contributed by atoms with E-state index in [0.717, 1.165) is 11.1 Å². The molecule has 0 aliphatic rings. The van der Waals surface area contributed by atoms with Crippen molar-refractivity contribution in [3.63, 3.8) is 0 Å². The first-order valence-corrected chi connectivity index (χ1v) is 4.48. The zero-order chi connectivity index (χ0) is 10.6. The summed E-state index contributed by atoms with van der Waals surface area (Å²) in [7, 11) is 0. The zero-order valence-electron chi connectivity index (χ0n) is 8.96. The van der Waals surface area contributed by atoms with Gasteiger partial charge in [-0.05, 0) is 18.9 Å². The van der Waals surface area contributed by atoms with Crippen LogP contribution in [0.3, 0.4) is 0 Å². The summed E-state index contributed by atoms with van der Waals surface area (Å²) in [4.78, 5) is 0. The molecule has 1 nitrogen and oxygen atoms in total. The Morgan fingerprint density at radius 3 is 2.92 bits per heavy atom. The van der Waals surface area contributed by atoms with Gasteiger partial charge in [0.05, 0.1) is 1.37 Å². The number of benzene rings is 1. The van der Waals surface area contributed by atoms with Crippen LogP contribution in [-0.4, -0.2) is 11.7 Å². The molecule has 70 valence electrons. The van der Waals surface area contributed by atoms with Gasteiger partial charge in [0.2, 0.25) is 0 Å². The Labute approximate surface area is 81.1 Å². The number of aliphatic hydroxyl groups excluding tert-OH is 1. The maximum absolute atomic E-state index is 8.94. The third-order valence-corrected chi connectivity index (χ3v) is 2.12. The number of hydrogen-bond donors (Lipinski definition) is 1. The zero-order valence-corrected chi connectivity index (χ0v) is 7.96. The monoisotopic (exact) mass is 177 g/mol. The van der Waals surface area contributed by atoms with Crippen LogP contribution in [0.4, 0.5) is 0 Å². The second-order valence-electron chi connectivity index (χ2n) is 3.23. The number of allylic oxidation sites excluding steroid dienone is 1. The average Bonchev–Trinajstić information content (AvgIpc) is 2.15. The van der Waals surface area contributed by atoms with E-state index in [4.69, 9.17) is 6.48 Å². The first kappa shape index (κ1) is 8.52. The summed E-state index contributed by atoms with van der Waals surface area (Å²) in [6.45, 7) is 5.97. The van der Waals surface area contributed by atoms with Gasteiger partial charge in [-0.2, -0.15) is 0 Å². The molecule has 0 amide bonds. The standard InChI is InChI=1S/C12H16O/c1-10(2)12(8-9-13)11-6-4-3-5-7-11/h3-7,12-13H,1,8-9H2,2H3/i6D. The SMILES string of the molecule is [2H]c1ccccc1C(CCO)C(=C)C. The van der Waals surface area contributed by atoms with Gasteiger partial charge in [-0.15, -0.1) is 0 Å². The van der Waals surface area contributed by atoms with Crippen LogP contribution in [-0.2, 0) is 0 Å². The van der Waals surface area contributed by atoms with Crippen molar-refractivity contribution in [2.45, 2.75) is 19.3 Å². The fourth-order valence-electron chi connectivity index (χ4n) is 1.42. The van der Waals surface area contributed by atoms with Crippen molar-refractivity contribution in [3.05, 3.63) is 48.0 Å². The van der Waals surface area contributed by atoms with E-state index >= 15 is 0 Å². The van der Waals surface area contributed by atoms with Gasteiger partial charge >= 0.3 is 0 Å². The molecule has 0 spiro atoms. The molecule has 0 radical (unpaired) electrons. The maximum atomic E-state index is 8.94. The van der Waals surface area contributed by atoms with E-state index in [1.165, 1.54) is 0 Å². The highest BCUT2D eigenvalue weighted by Gasteiger charge is 2.10. The molecule has 1 aromatic carbocycles. The minimum atomic E-state index is 0.105. The Morgan fingerprint density at radius 2 is 2.38 bits per heavy atom. The van der Waals surface area contributed by atoms with E-state index < -0.39 is 0 Å². The Hall–Kier alpha value is -1.08. The van der Waals surface area contributed by atoms with Gasteiger partial charge in [-0.1, -0.05) is 42.5 Å². The van der Waals surface area contributed by atoms with Crippen LogP contribution in [0.15, 0.2) is 42.5 Å². The van der Waals surface area contributed by atoms with Gasteiger partial charge in [0.15, 0.2) is 0 Å². The Bertz CT molecular complexity index is 320. The highest BCUT2D eigenvalue weighted by molar-refractivity contribution is 5.26. The highest BCUT2D eigenvalue weighted by Crippen LogP contribution is 2.25. The van der Waals surface area contributed by atoms with E-state index in [9.17, 15) is 0 Å². The van der Waals surface area contributed by atoms with Crippen molar-refractivity contribution in [1.82, 2.24) is 0 Å². The molecular weight excluding hydrogens is 160 g/mol. The molecule has 1 aromatic rings. The summed E-state index contributed by atoms with van der Waals surface area (Å²) in [6.07, 6.45) is 0.644. The van der Waals surface area contributed by atoms with Gasteiger partial charge in [-0.25, -0.2) is 0 Å². The van der Waals surface area contributed by atoms with Gasteiger partial charge in [0.1, 0.15) is 0 Å². The van der Waals surface area contributed by atoms with Crippen molar-refractivity contribution in [3.8, 4) is 0 Å². The molecule has 0 heterocycles. The van der Waals surface area contributed by atoms with Crippen LogP contribution in [0.25, 0.3) is 0 Å². The largest absolute Gasteiger partial charge is 0.396 e. The third-order valence-electron chi connectivity index (χ3n) is 2.12. The maximum Gasteiger partial charge on any atom is 0.0626 e.